The first-order valence-electron chi connectivity index (χ1n) is 10.2. The molecule has 2 heterocycles. The summed E-state index contributed by atoms with van der Waals surface area (Å²) in [6, 6.07) is 18.6. The maximum atomic E-state index is 14.6. The van der Waals surface area contributed by atoms with Crippen LogP contribution in [-0.2, 0) is 11.3 Å². The van der Waals surface area contributed by atoms with Gasteiger partial charge in [-0.1, -0.05) is 30.3 Å². The number of rotatable bonds is 5. The molecule has 1 aromatic heterocycles. The Balaban J connectivity index is 1.56. The SMILES string of the molecule is COc1cccc(OC)c1[C@@H]1C[C@H](F)C(=O)N1Cc1ccc2oc3ccccc3c2c1. The smallest absolute Gasteiger partial charge is 0.258 e. The third-order valence-electron chi connectivity index (χ3n) is 5.95. The number of para-hydroxylation sites is 1. The molecule has 1 aliphatic rings. The third kappa shape index (κ3) is 3.19. The van der Waals surface area contributed by atoms with Gasteiger partial charge in [0.1, 0.15) is 22.7 Å². The fraction of sp³-hybridized carbons (Fsp3) is 0.240. The predicted octanol–water partition coefficient (Wildman–Crippen LogP) is 5.41. The van der Waals surface area contributed by atoms with Crippen LogP contribution in [0.4, 0.5) is 4.39 Å². The first kappa shape index (κ1) is 19.4. The molecule has 31 heavy (non-hydrogen) atoms. The maximum Gasteiger partial charge on any atom is 0.258 e. The van der Waals surface area contributed by atoms with Crippen molar-refractivity contribution in [3.63, 3.8) is 0 Å². The molecule has 1 fully saturated rings. The number of carbonyl (C=O) groups is 1. The van der Waals surface area contributed by atoms with Crippen molar-refractivity contribution in [2.75, 3.05) is 14.2 Å². The highest BCUT2D eigenvalue weighted by Gasteiger charge is 2.42. The minimum absolute atomic E-state index is 0.0620. The summed E-state index contributed by atoms with van der Waals surface area (Å²) in [5.41, 5.74) is 3.19. The van der Waals surface area contributed by atoms with Crippen molar-refractivity contribution in [1.82, 2.24) is 4.90 Å². The summed E-state index contributed by atoms with van der Waals surface area (Å²) in [6.07, 6.45) is -1.50. The molecule has 0 N–H and O–H groups in total. The number of halogens is 1. The van der Waals surface area contributed by atoms with Gasteiger partial charge >= 0.3 is 0 Å². The Morgan fingerprint density at radius 1 is 0.968 bits per heavy atom. The predicted molar refractivity (Wildman–Crippen MR) is 116 cm³/mol. The molecular weight excluding hydrogens is 397 g/mol. The summed E-state index contributed by atoms with van der Waals surface area (Å²) in [5.74, 6) is 0.634. The molecule has 0 spiro atoms. The molecule has 1 amide bonds. The molecule has 158 valence electrons. The fourth-order valence-electron chi connectivity index (χ4n) is 4.50. The van der Waals surface area contributed by atoms with Crippen molar-refractivity contribution in [3.8, 4) is 11.5 Å². The van der Waals surface area contributed by atoms with E-state index in [0.29, 0.717) is 17.1 Å². The van der Waals surface area contributed by atoms with E-state index in [4.69, 9.17) is 13.9 Å². The molecule has 2 atom stereocenters. The zero-order valence-corrected chi connectivity index (χ0v) is 17.3. The molecule has 3 aromatic carbocycles. The average molecular weight is 419 g/mol. The lowest BCUT2D eigenvalue weighted by Gasteiger charge is -2.27. The lowest BCUT2D eigenvalue weighted by molar-refractivity contribution is -0.133. The summed E-state index contributed by atoms with van der Waals surface area (Å²) in [6.45, 7) is 0.278. The van der Waals surface area contributed by atoms with Crippen molar-refractivity contribution in [2.24, 2.45) is 0 Å². The van der Waals surface area contributed by atoms with Crippen LogP contribution in [0.25, 0.3) is 21.9 Å². The van der Waals surface area contributed by atoms with Gasteiger partial charge in [0.25, 0.3) is 5.91 Å². The van der Waals surface area contributed by atoms with Gasteiger partial charge in [0.2, 0.25) is 0 Å². The molecule has 0 unspecified atom stereocenters. The highest BCUT2D eigenvalue weighted by molar-refractivity contribution is 6.05. The molecule has 4 aromatic rings. The molecular formula is C25H22FNO4. The minimum atomic E-state index is -1.56. The van der Waals surface area contributed by atoms with Gasteiger partial charge in [-0.05, 0) is 35.9 Å². The van der Waals surface area contributed by atoms with E-state index >= 15 is 0 Å². The van der Waals surface area contributed by atoms with Crippen LogP contribution in [-0.4, -0.2) is 31.2 Å². The lowest BCUT2D eigenvalue weighted by Crippen LogP contribution is -2.29. The Hall–Kier alpha value is -3.54. The highest BCUT2D eigenvalue weighted by Crippen LogP contribution is 2.44. The Morgan fingerprint density at radius 3 is 2.42 bits per heavy atom. The average Bonchev–Trinajstić information content (AvgIpc) is 3.30. The second-order valence-corrected chi connectivity index (χ2v) is 7.69. The maximum absolute atomic E-state index is 14.6. The summed E-state index contributed by atoms with van der Waals surface area (Å²) >= 11 is 0. The molecule has 0 radical (unpaired) electrons. The molecule has 0 aliphatic carbocycles. The van der Waals surface area contributed by atoms with E-state index in [9.17, 15) is 9.18 Å². The van der Waals surface area contributed by atoms with E-state index in [1.54, 1.807) is 31.3 Å². The van der Waals surface area contributed by atoms with Crippen LogP contribution in [0.3, 0.4) is 0 Å². The molecule has 1 aliphatic heterocycles. The van der Waals surface area contributed by atoms with Gasteiger partial charge in [0, 0.05) is 23.7 Å². The van der Waals surface area contributed by atoms with E-state index in [-0.39, 0.29) is 13.0 Å². The molecule has 5 nitrogen and oxygen atoms in total. The monoisotopic (exact) mass is 419 g/mol. The van der Waals surface area contributed by atoms with Crippen molar-refractivity contribution < 1.29 is 23.1 Å². The first-order valence-corrected chi connectivity index (χ1v) is 10.2. The van der Waals surface area contributed by atoms with Crippen molar-refractivity contribution in [1.29, 1.82) is 0 Å². The van der Waals surface area contributed by atoms with Gasteiger partial charge in [0.15, 0.2) is 6.17 Å². The van der Waals surface area contributed by atoms with E-state index in [1.165, 1.54) is 0 Å². The highest BCUT2D eigenvalue weighted by atomic mass is 19.1. The van der Waals surface area contributed by atoms with Gasteiger partial charge < -0.3 is 18.8 Å². The van der Waals surface area contributed by atoms with Crippen LogP contribution in [0.5, 0.6) is 11.5 Å². The lowest BCUT2D eigenvalue weighted by atomic mass is 10.0. The number of hydrogen-bond donors (Lipinski definition) is 0. The van der Waals surface area contributed by atoms with Crippen LogP contribution >= 0.6 is 0 Å². The molecule has 0 saturated carbocycles. The summed E-state index contributed by atoms with van der Waals surface area (Å²) in [7, 11) is 3.12. The van der Waals surface area contributed by atoms with E-state index < -0.39 is 18.1 Å². The van der Waals surface area contributed by atoms with E-state index in [1.807, 2.05) is 48.5 Å². The van der Waals surface area contributed by atoms with Crippen LogP contribution in [0.15, 0.2) is 65.1 Å². The summed E-state index contributed by atoms with van der Waals surface area (Å²) < 4.78 is 31.5. The summed E-state index contributed by atoms with van der Waals surface area (Å²) in [5, 5.41) is 1.99. The zero-order chi connectivity index (χ0) is 21.5. The molecule has 0 bridgehead atoms. The topological polar surface area (TPSA) is 51.9 Å². The summed E-state index contributed by atoms with van der Waals surface area (Å²) in [4.78, 5) is 14.3. The number of fused-ring (bicyclic) bond motifs is 3. The number of methoxy groups -OCH3 is 2. The largest absolute Gasteiger partial charge is 0.496 e. The van der Waals surface area contributed by atoms with Gasteiger partial charge in [-0.25, -0.2) is 4.39 Å². The van der Waals surface area contributed by atoms with Gasteiger partial charge in [-0.2, -0.15) is 0 Å². The van der Waals surface area contributed by atoms with E-state index in [0.717, 1.165) is 27.5 Å². The number of carbonyl (C=O) groups excluding carboxylic acids is 1. The number of amides is 1. The normalized spacial score (nSPS) is 18.8. The van der Waals surface area contributed by atoms with Crippen LogP contribution < -0.4 is 9.47 Å². The zero-order valence-electron chi connectivity index (χ0n) is 17.3. The van der Waals surface area contributed by atoms with Gasteiger partial charge in [0.05, 0.1) is 25.8 Å². The Bertz CT molecular complexity index is 1260. The van der Waals surface area contributed by atoms with Crippen LogP contribution in [0, 0.1) is 0 Å². The van der Waals surface area contributed by atoms with Crippen molar-refractivity contribution in [2.45, 2.75) is 25.2 Å². The van der Waals surface area contributed by atoms with Gasteiger partial charge in [-0.15, -0.1) is 0 Å². The second kappa shape index (κ2) is 7.61. The quantitative estimate of drug-likeness (QED) is 0.434. The van der Waals surface area contributed by atoms with Crippen LogP contribution in [0.1, 0.15) is 23.6 Å². The molecule has 5 rings (SSSR count). The minimum Gasteiger partial charge on any atom is -0.496 e. The standard InChI is InChI=1S/C25H22FNO4/c1-29-22-8-5-9-23(30-2)24(22)19-13-18(26)25(28)27(19)14-15-10-11-21-17(12-15)16-6-3-4-7-20(16)31-21/h3-12,18-19H,13-14H2,1-2H3/t18-,19-/m0/s1. The van der Waals surface area contributed by atoms with E-state index in [2.05, 4.69) is 0 Å². The number of ether oxygens (including phenoxy) is 2. The molecule has 6 heteroatoms. The number of likely N-dealkylation sites (tertiary alicyclic amines) is 1. The Labute approximate surface area is 179 Å². The number of nitrogens with zero attached hydrogens (tertiary/aromatic N) is 1. The molecule has 1 saturated heterocycles. The number of hydrogen-bond acceptors (Lipinski definition) is 4. The second-order valence-electron chi connectivity index (χ2n) is 7.69. The third-order valence-corrected chi connectivity index (χ3v) is 5.95. The number of furan rings is 1. The number of benzene rings is 3. The number of alkyl halides is 1. The van der Waals surface area contributed by atoms with Crippen molar-refractivity contribution in [3.05, 3.63) is 71.8 Å². The Morgan fingerprint density at radius 2 is 1.68 bits per heavy atom. The van der Waals surface area contributed by atoms with Crippen LogP contribution in [0.2, 0.25) is 0 Å². The fourth-order valence-corrected chi connectivity index (χ4v) is 4.50. The van der Waals surface area contributed by atoms with Crippen molar-refractivity contribution >= 4 is 27.8 Å². The van der Waals surface area contributed by atoms with Gasteiger partial charge in [-0.3, -0.25) is 4.79 Å². The Kier molecular flexibility index (Phi) is 4.77. The first-order chi connectivity index (χ1) is 15.1.